The molecule has 0 saturated heterocycles. The Morgan fingerprint density at radius 2 is 1.50 bits per heavy atom. The van der Waals surface area contributed by atoms with Crippen LogP contribution in [0.3, 0.4) is 0 Å². The summed E-state index contributed by atoms with van der Waals surface area (Å²) in [5, 5.41) is 0. The van der Waals surface area contributed by atoms with Gasteiger partial charge in [-0.1, -0.05) is 72.8 Å². The van der Waals surface area contributed by atoms with Gasteiger partial charge in [-0.2, -0.15) is 8.42 Å². The second-order valence-electron chi connectivity index (χ2n) is 6.83. The van der Waals surface area contributed by atoms with Crippen molar-refractivity contribution >= 4 is 16.1 Å². The van der Waals surface area contributed by atoms with Crippen molar-refractivity contribution < 1.29 is 22.1 Å². The summed E-state index contributed by atoms with van der Waals surface area (Å²) in [6.07, 6.45) is 0.341. The van der Waals surface area contributed by atoms with Crippen molar-refractivity contribution in [2.75, 3.05) is 7.11 Å². The van der Waals surface area contributed by atoms with E-state index < -0.39 is 22.2 Å². The molecule has 0 spiro atoms. The fourth-order valence-electron chi connectivity index (χ4n) is 3.14. The summed E-state index contributed by atoms with van der Waals surface area (Å²) in [6, 6.07) is 25.7. The molecule has 0 unspecified atom stereocenters. The minimum absolute atomic E-state index is 0.000755. The van der Waals surface area contributed by atoms with Gasteiger partial charge in [-0.3, -0.25) is 4.18 Å². The molecule has 1 atom stereocenters. The van der Waals surface area contributed by atoms with E-state index in [1.54, 1.807) is 12.1 Å². The average Bonchev–Trinajstić information content (AvgIpc) is 2.79. The van der Waals surface area contributed by atoms with Gasteiger partial charge < -0.3 is 4.74 Å². The summed E-state index contributed by atoms with van der Waals surface area (Å²) in [6.45, 7) is 0. The summed E-state index contributed by atoms with van der Waals surface area (Å²) in [5.74, 6) is -0.703. The lowest BCUT2D eigenvalue weighted by Crippen LogP contribution is -2.28. The molecular formula is C24H24O5S. The van der Waals surface area contributed by atoms with Gasteiger partial charge in [0.05, 0.1) is 12.0 Å². The van der Waals surface area contributed by atoms with E-state index in [9.17, 15) is 13.2 Å². The molecule has 3 aromatic rings. The number of ether oxygens (including phenoxy) is 1. The van der Waals surface area contributed by atoms with Crippen LogP contribution in [0.1, 0.15) is 18.4 Å². The maximum atomic E-state index is 12.8. The van der Waals surface area contributed by atoms with Gasteiger partial charge in [0.2, 0.25) is 0 Å². The number of esters is 1. The fourth-order valence-corrected chi connectivity index (χ4v) is 4.25. The van der Waals surface area contributed by atoms with Gasteiger partial charge in [0, 0.05) is 0 Å². The number of hydrogen-bond acceptors (Lipinski definition) is 5. The van der Waals surface area contributed by atoms with Crippen LogP contribution in [0.5, 0.6) is 0 Å². The van der Waals surface area contributed by atoms with Crippen LogP contribution in [-0.4, -0.2) is 27.6 Å². The second-order valence-corrected chi connectivity index (χ2v) is 8.41. The zero-order chi connectivity index (χ0) is 21.4. The highest BCUT2D eigenvalue weighted by molar-refractivity contribution is 7.86. The molecule has 0 heterocycles. The third-order valence-corrected chi connectivity index (χ3v) is 6.03. The number of carbonyl (C=O) groups is 1. The van der Waals surface area contributed by atoms with Gasteiger partial charge in [-0.25, -0.2) is 4.79 Å². The molecule has 0 N–H and O–H groups in total. The number of carbonyl (C=O) groups excluding carboxylic acids is 1. The molecule has 6 heteroatoms. The lowest BCUT2D eigenvalue weighted by atomic mass is 10.1. The zero-order valence-electron chi connectivity index (χ0n) is 16.7. The lowest BCUT2D eigenvalue weighted by molar-refractivity contribution is -0.149. The average molecular weight is 425 g/mol. The molecule has 156 valence electrons. The van der Waals surface area contributed by atoms with Crippen molar-refractivity contribution in [3.63, 3.8) is 0 Å². The number of benzene rings is 3. The Morgan fingerprint density at radius 3 is 2.17 bits per heavy atom. The summed E-state index contributed by atoms with van der Waals surface area (Å²) < 4.78 is 35.8. The van der Waals surface area contributed by atoms with E-state index in [1.807, 2.05) is 66.7 Å². The highest BCUT2D eigenvalue weighted by Gasteiger charge is 2.28. The van der Waals surface area contributed by atoms with Crippen LogP contribution in [0.15, 0.2) is 89.8 Å². The summed E-state index contributed by atoms with van der Waals surface area (Å²) in [7, 11) is -2.92. The molecule has 0 amide bonds. The number of rotatable bonds is 9. The smallest absolute Gasteiger partial charge is 0.336 e. The van der Waals surface area contributed by atoms with Crippen LogP contribution < -0.4 is 0 Å². The standard InChI is InChI=1S/C24H24O5S/c1-28-24(25)23(17-8-12-19-10-4-2-5-11-19)29-30(26,27)22-16-9-15-21(18-22)20-13-6-3-7-14-20/h2-7,9-11,13-16,18,23H,8,12,17H2,1H3/t23-/m1/s1. The first-order valence-corrected chi connectivity index (χ1v) is 11.1. The van der Waals surface area contributed by atoms with Gasteiger partial charge in [0.1, 0.15) is 0 Å². The Morgan fingerprint density at radius 1 is 0.867 bits per heavy atom. The van der Waals surface area contributed by atoms with Crippen LogP contribution in [-0.2, 0) is 30.3 Å². The van der Waals surface area contributed by atoms with E-state index in [1.165, 1.54) is 13.2 Å². The number of hydrogen-bond donors (Lipinski definition) is 0. The molecule has 5 nitrogen and oxygen atoms in total. The minimum Gasteiger partial charge on any atom is -0.467 e. The predicted molar refractivity (Wildman–Crippen MR) is 115 cm³/mol. The number of methoxy groups -OCH3 is 1. The van der Waals surface area contributed by atoms with E-state index >= 15 is 0 Å². The van der Waals surface area contributed by atoms with Crippen molar-refractivity contribution in [1.29, 1.82) is 0 Å². The maximum Gasteiger partial charge on any atom is 0.336 e. The van der Waals surface area contributed by atoms with Gasteiger partial charge in [0.25, 0.3) is 10.1 Å². The normalized spacial score (nSPS) is 12.3. The van der Waals surface area contributed by atoms with Crippen LogP contribution in [0.25, 0.3) is 11.1 Å². The summed E-state index contributed by atoms with van der Waals surface area (Å²) >= 11 is 0. The van der Waals surface area contributed by atoms with Crippen molar-refractivity contribution in [3.8, 4) is 11.1 Å². The molecular weight excluding hydrogens is 400 g/mol. The van der Waals surface area contributed by atoms with E-state index in [0.717, 1.165) is 16.7 Å². The largest absolute Gasteiger partial charge is 0.467 e. The Hall–Kier alpha value is -2.96. The van der Waals surface area contributed by atoms with Crippen molar-refractivity contribution in [2.45, 2.75) is 30.3 Å². The highest BCUT2D eigenvalue weighted by atomic mass is 32.2. The van der Waals surface area contributed by atoms with Crippen LogP contribution in [0.2, 0.25) is 0 Å². The van der Waals surface area contributed by atoms with Crippen LogP contribution in [0.4, 0.5) is 0 Å². The lowest BCUT2D eigenvalue weighted by Gasteiger charge is -2.16. The zero-order valence-corrected chi connectivity index (χ0v) is 17.5. The quantitative estimate of drug-likeness (QED) is 0.370. The highest BCUT2D eigenvalue weighted by Crippen LogP contribution is 2.24. The molecule has 0 fully saturated rings. The van der Waals surface area contributed by atoms with Crippen molar-refractivity contribution in [2.24, 2.45) is 0 Å². The van der Waals surface area contributed by atoms with Gasteiger partial charge in [-0.05, 0) is 48.1 Å². The molecule has 0 bridgehead atoms. The maximum absolute atomic E-state index is 12.8. The van der Waals surface area contributed by atoms with E-state index in [2.05, 4.69) is 0 Å². The van der Waals surface area contributed by atoms with Gasteiger partial charge >= 0.3 is 5.97 Å². The number of aryl methyl sites for hydroxylation is 1. The first kappa shape index (κ1) is 21.7. The van der Waals surface area contributed by atoms with Crippen molar-refractivity contribution in [3.05, 3.63) is 90.5 Å². The molecule has 0 aromatic heterocycles. The Labute approximate surface area is 177 Å². The molecule has 0 aliphatic rings. The molecule has 3 aromatic carbocycles. The third kappa shape index (κ3) is 5.78. The van der Waals surface area contributed by atoms with E-state index in [4.69, 9.17) is 8.92 Å². The summed E-state index contributed by atoms with van der Waals surface area (Å²) in [5.41, 5.74) is 2.75. The van der Waals surface area contributed by atoms with Crippen molar-refractivity contribution in [1.82, 2.24) is 0 Å². The van der Waals surface area contributed by atoms with Gasteiger partial charge in [-0.15, -0.1) is 0 Å². The van der Waals surface area contributed by atoms with Gasteiger partial charge in [0.15, 0.2) is 6.10 Å². The summed E-state index contributed by atoms with van der Waals surface area (Å²) in [4.78, 5) is 12.1. The van der Waals surface area contributed by atoms with Crippen LogP contribution >= 0.6 is 0 Å². The first-order valence-electron chi connectivity index (χ1n) is 9.70. The Balaban J connectivity index is 1.74. The molecule has 0 radical (unpaired) electrons. The molecule has 0 aliphatic carbocycles. The Kier molecular flexibility index (Phi) is 7.38. The molecule has 3 rings (SSSR count). The molecule has 0 aliphatic heterocycles. The van der Waals surface area contributed by atoms with Crippen LogP contribution in [0, 0.1) is 0 Å². The second kappa shape index (κ2) is 10.2. The SMILES string of the molecule is COC(=O)[C@@H](CCCc1ccccc1)OS(=O)(=O)c1cccc(-c2ccccc2)c1. The topological polar surface area (TPSA) is 69.7 Å². The first-order chi connectivity index (χ1) is 14.5. The third-order valence-electron chi connectivity index (χ3n) is 4.71. The monoisotopic (exact) mass is 424 g/mol. The minimum atomic E-state index is -4.14. The van der Waals surface area contributed by atoms with E-state index in [-0.39, 0.29) is 11.3 Å². The Bertz CT molecular complexity index is 1060. The van der Waals surface area contributed by atoms with E-state index in [0.29, 0.717) is 12.8 Å². The predicted octanol–water partition coefficient (Wildman–Crippen LogP) is 4.62. The fraction of sp³-hybridized carbons (Fsp3) is 0.208. The molecule has 30 heavy (non-hydrogen) atoms. The molecule has 0 saturated carbocycles.